The molecule has 4 rings (SSSR count). The van der Waals surface area contributed by atoms with Gasteiger partial charge in [0, 0.05) is 24.1 Å². The van der Waals surface area contributed by atoms with E-state index in [1.165, 1.54) is 0 Å². The van der Waals surface area contributed by atoms with Crippen molar-refractivity contribution in [1.82, 2.24) is 0 Å². The number of anilines is 1. The van der Waals surface area contributed by atoms with Crippen LogP contribution in [0, 0.1) is 0 Å². The lowest BCUT2D eigenvalue weighted by molar-refractivity contribution is 0.0955. The van der Waals surface area contributed by atoms with E-state index in [0.717, 1.165) is 11.1 Å². The summed E-state index contributed by atoms with van der Waals surface area (Å²) in [6, 6.07) is 22.8. The topological polar surface area (TPSA) is 46.6 Å². The van der Waals surface area contributed by atoms with Gasteiger partial charge in [0.15, 0.2) is 5.78 Å². The first kappa shape index (κ1) is 17.0. The second kappa shape index (κ2) is 7.08. The fraction of sp³-hybridized carbons (Fsp3) is 0.130. The molecule has 0 saturated carbocycles. The predicted octanol–water partition coefficient (Wildman–Crippen LogP) is 4.60. The summed E-state index contributed by atoms with van der Waals surface area (Å²) in [4.78, 5) is 27.2. The van der Waals surface area contributed by atoms with E-state index in [4.69, 9.17) is 4.74 Å². The van der Waals surface area contributed by atoms with Crippen LogP contribution in [0.5, 0.6) is 5.75 Å². The molecular formula is C23H19NO3. The average Bonchev–Trinajstić information content (AvgIpc) is 2.74. The second-order valence-electron chi connectivity index (χ2n) is 6.46. The first-order valence-electron chi connectivity index (χ1n) is 8.86. The molecule has 0 radical (unpaired) electrons. The molecule has 0 N–H and O–H groups in total. The number of methoxy groups -OCH3 is 1. The Kier molecular flexibility index (Phi) is 4.47. The van der Waals surface area contributed by atoms with Gasteiger partial charge < -0.3 is 9.64 Å². The number of rotatable bonds is 3. The fourth-order valence-corrected chi connectivity index (χ4v) is 3.40. The molecule has 4 heteroatoms. The highest BCUT2D eigenvalue weighted by atomic mass is 16.5. The van der Waals surface area contributed by atoms with Crippen LogP contribution in [-0.4, -0.2) is 25.3 Å². The van der Waals surface area contributed by atoms with Gasteiger partial charge in [-0.05, 0) is 41.5 Å². The van der Waals surface area contributed by atoms with Crippen LogP contribution in [0.25, 0.3) is 11.1 Å². The number of Topliss-reactive ketones (excluding diaryl/α,β-unsaturated/α-hetero) is 1. The molecule has 134 valence electrons. The summed E-state index contributed by atoms with van der Waals surface area (Å²) in [5.74, 6) is 0.542. The van der Waals surface area contributed by atoms with Crippen LogP contribution in [-0.2, 0) is 0 Å². The van der Waals surface area contributed by atoms with E-state index in [1.807, 2.05) is 54.6 Å². The summed E-state index contributed by atoms with van der Waals surface area (Å²) in [6.07, 6.45) is 0.310. The molecule has 3 aromatic carbocycles. The van der Waals surface area contributed by atoms with Crippen LogP contribution in [0.15, 0.2) is 72.8 Å². The smallest absolute Gasteiger partial charge is 0.258 e. The molecule has 0 aliphatic carbocycles. The van der Waals surface area contributed by atoms with Crippen molar-refractivity contribution in [3.63, 3.8) is 0 Å². The van der Waals surface area contributed by atoms with E-state index in [2.05, 4.69) is 0 Å². The Morgan fingerprint density at radius 1 is 0.926 bits per heavy atom. The van der Waals surface area contributed by atoms with Crippen LogP contribution in [0.1, 0.15) is 27.1 Å². The van der Waals surface area contributed by atoms with Crippen LogP contribution >= 0.6 is 0 Å². The molecule has 3 aromatic rings. The minimum Gasteiger partial charge on any atom is -0.497 e. The molecule has 1 aliphatic heterocycles. The molecule has 0 spiro atoms. The van der Waals surface area contributed by atoms with Crippen molar-refractivity contribution >= 4 is 17.4 Å². The zero-order valence-electron chi connectivity index (χ0n) is 15.0. The molecule has 1 aliphatic rings. The van der Waals surface area contributed by atoms with Gasteiger partial charge in [-0.25, -0.2) is 0 Å². The van der Waals surface area contributed by atoms with Crippen LogP contribution in [0.2, 0.25) is 0 Å². The molecule has 4 nitrogen and oxygen atoms in total. The quantitative estimate of drug-likeness (QED) is 0.688. The van der Waals surface area contributed by atoms with Crippen molar-refractivity contribution in [3.8, 4) is 16.9 Å². The van der Waals surface area contributed by atoms with Gasteiger partial charge >= 0.3 is 0 Å². The third-order valence-electron chi connectivity index (χ3n) is 4.82. The highest BCUT2D eigenvalue weighted by Gasteiger charge is 2.28. The van der Waals surface area contributed by atoms with Gasteiger partial charge in [0.25, 0.3) is 5.91 Å². The van der Waals surface area contributed by atoms with E-state index in [9.17, 15) is 9.59 Å². The Labute approximate surface area is 158 Å². The van der Waals surface area contributed by atoms with Gasteiger partial charge in [0.1, 0.15) is 5.75 Å². The van der Waals surface area contributed by atoms with Gasteiger partial charge in [0.2, 0.25) is 0 Å². The Morgan fingerprint density at radius 3 is 2.48 bits per heavy atom. The van der Waals surface area contributed by atoms with Crippen LogP contribution in [0.4, 0.5) is 5.69 Å². The largest absolute Gasteiger partial charge is 0.497 e. The number of carbonyl (C=O) groups is 2. The maximum absolute atomic E-state index is 13.2. The lowest BCUT2D eigenvalue weighted by Crippen LogP contribution is -2.37. The number of amides is 1. The van der Waals surface area contributed by atoms with E-state index in [0.29, 0.717) is 35.5 Å². The van der Waals surface area contributed by atoms with Gasteiger partial charge in [-0.1, -0.05) is 42.5 Å². The lowest BCUT2D eigenvalue weighted by atomic mass is 9.98. The minimum absolute atomic E-state index is 0.0333. The van der Waals surface area contributed by atoms with Crippen molar-refractivity contribution in [2.45, 2.75) is 6.42 Å². The van der Waals surface area contributed by atoms with Crippen molar-refractivity contribution in [3.05, 3.63) is 83.9 Å². The van der Waals surface area contributed by atoms with E-state index in [-0.39, 0.29) is 11.7 Å². The molecule has 0 atom stereocenters. The Hall–Kier alpha value is -3.40. The maximum atomic E-state index is 13.2. The molecule has 0 bridgehead atoms. The molecule has 27 heavy (non-hydrogen) atoms. The van der Waals surface area contributed by atoms with Gasteiger partial charge in [-0.15, -0.1) is 0 Å². The van der Waals surface area contributed by atoms with E-state index in [1.54, 1.807) is 30.2 Å². The number of benzene rings is 3. The number of ketones is 1. The fourth-order valence-electron chi connectivity index (χ4n) is 3.40. The zero-order valence-corrected chi connectivity index (χ0v) is 15.0. The number of hydrogen-bond donors (Lipinski definition) is 0. The highest BCUT2D eigenvalue weighted by molar-refractivity contribution is 6.13. The first-order valence-corrected chi connectivity index (χ1v) is 8.86. The number of ether oxygens (including phenoxy) is 1. The first-order chi connectivity index (χ1) is 13.2. The third kappa shape index (κ3) is 3.22. The zero-order chi connectivity index (χ0) is 18.8. The summed E-state index contributed by atoms with van der Waals surface area (Å²) in [5, 5.41) is 0. The van der Waals surface area contributed by atoms with Crippen molar-refractivity contribution in [2.75, 3.05) is 18.6 Å². The SMILES string of the molecule is COc1ccc2c(c1)C(=O)CCN2C(=O)c1cccc(-c2ccccc2)c1. The summed E-state index contributed by atoms with van der Waals surface area (Å²) in [6.45, 7) is 0.382. The van der Waals surface area contributed by atoms with Crippen molar-refractivity contribution < 1.29 is 14.3 Å². The van der Waals surface area contributed by atoms with Crippen molar-refractivity contribution in [1.29, 1.82) is 0 Å². The van der Waals surface area contributed by atoms with E-state index >= 15 is 0 Å². The number of fused-ring (bicyclic) bond motifs is 1. The summed E-state index contributed by atoms with van der Waals surface area (Å²) in [5.41, 5.74) is 3.83. The molecular weight excluding hydrogens is 338 g/mol. The standard InChI is InChI=1S/C23H19NO3/c1-27-19-10-11-21-20(15-19)22(25)12-13-24(21)23(26)18-9-5-8-17(14-18)16-6-3-2-4-7-16/h2-11,14-15H,12-13H2,1H3. The predicted molar refractivity (Wildman–Crippen MR) is 105 cm³/mol. The summed E-state index contributed by atoms with van der Waals surface area (Å²) < 4.78 is 5.22. The number of carbonyl (C=O) groups excluding carboxylic acids is 2. The molecule has 1 heterocycles. The highest BCUT2D eigenvalue weighted by Crippen LogP contribution is 2.32. The minimum atomic E-state index is -0.105. The third-order valence-corrected chi connectivity index (χ3v) is 4.82. The maximum Gasteiger partial charge on any atom is 0.258 e. The Bertz CT molecular complexity index is 1010. The normalized spacial score (nSPS) is 13.2. The van der Waals surface area contributed by atoms with Gasteiger partial charge in [0.05, 0.1) is 12.8 Å². The molecule has 0 saturated heterocycles. The molecule has 0 aromatic heterocycles. The Morgan fingerprint density at radius 2 is 1.70 bits per heavy atom. The monoisotopic (exact) mass is 357 g/mol. The summed E-state index contributed by atoms with van der Waals surface area (Å²) in [7, 11) is 1.56. The second-order valence-corrected chi connectivity index (χ2v) is 6.46. The number of nitrogens with zero attached hydrogens (tertiary/aromatic N) is 1. The van der Waals surface area contributed by atoms with Crippen LogP contribution in [0.3, 0.4) is 0 Å². The molecule has 1 amide bonds. The van der Waals surface area contributed by atoms with Gasteiger partial charge in [-0.3, -0.25) is 9.59 Å². The van der Waals surface area contributed by atoms with Crippen LogP contribution < -0.4 is 9.64 Å². The number of hydrogen-bond acceptors (Lipinski definition) is 3. The van der Waals surface area contributed by atoms with Gasteiger partial charge in [-0.2, -0.15) is 0 Å². The van der Waals surface area contributed by atoms with Crippen molar-refractivity contribution in [2.24, 2.45) is 0 Å². The summed E-state index contributed by atoms with van der Waals surface area (Å²) >= 11 is 0. The molecule has 0 unspecified atom stereocenters. The van der Waals surface area contributed by atoms with E-state index < -0.39 is 0 Å². The molecule has 0 fully saturated rings. The lowest BCUT2D eigenvalue weighted by Gasteiger charge is -2.29. The average molecular weight is 357 g/mol. The Balaban J connectivity index is 1.70.